The quantitative estimate of drug-likeness (QED) is 0.251. The molecular weight excluding hydrogens is 270 g/mol. The molecule has 116 valence electrons. The molecule has 0 bridgehead atoms. The number of aliphatic hydroxyl groups is 1. The molecule has 2 unspecified atom stereocenters. The van der Waals surface area contributed by atoms with Crippen LogP contribution >= 0.6 is 0 Å². The van der Waals surface area contributed by atoms with Gasteiger partial charge in [0, 0.05) is 0 Å². The lowest BCUT2D eigenvalue weighted by molar-refractivity contribution is -0.173. The molecule has 5 N–H and O–H groups in total. The third-order valence-electron chi connectivity index (χ3n) is 2.65. The van der Waals surface area contributed by atoms with Gasteiger partial charge >= 0.3 is 17.9 Å². The monoisotopic (exact) mass is 291 g/mol. The van der Waals surface area contributed by atoms with E-state index >= 15 is 0 Å². The number of hydrogen-bond donors (Lipinski definition) is 4. The van der Waals surface area contributed by atoms with Gasteiger partial charge in [0.2, 0.25) is 0 Å². The molecule has 0 aromatic rings. The number of aliphatic carboxylic acids is 2. The first kappa shape index (κ1) is 18.3. The van der Waals surface area contributed by atoms with Crippen LogP contribution in [0.25, 0.3) is 0 Å². The lowest BCUT2D eigenvalue weighted by Crippen LogP contribution is -2.44. The highest BCUT2D eigenvalue weighted by Gasteiger charge is 2.41. The summed E-state index contributed by atoms with van der Waals surface area (Å²) in [5.41, 5.74) is 2.83. The Hall–Kier alpha value is -1.67. The highest BCUT2D eigenvalue weighted by molar-refractivity contribution is 5.88. The van der Waals surface area contributed by atoms with Crippen LogP contribution < -0.4 is 5.73 Å². The molecular formula is C12H21NO7. The van der Waals surface area contributed by atoms with E-state index in [1.165, 1.54) is 0 Å². The molecule has 0 saturated carbocycles. The van der Waals surface area contributed by atoms with Gasteiger partial charge in [0.1, 0.15) is 0 Å². The summed E-state index contributed by atoms with van der Waals surface area (Å²) in [6.07, 6.45) is 0.115. The average molecular weight is 291 g/mol. The highest BCUT2D eigenvalue weighted by Crippen LogP contribution is 2.17. The van der Waals surface area contributed by atoms with E-state index in [9.17, 15) is 19.5 Å². The normalized spacial score (nSPS) is 15.2. The van der Waals surface area contributed by atoms with Crippen LogP contribution in [0, 0.1) is 0 Å². The molecule has 0 aromatic carbocycles. The van der Waals surface area contributed by atoms with Gasteiger partial charge < -0.3 is 20.1 Å². The number of carboxylic acid groups (broad SMARTS) is 2. The standard InChI is InChI=1S/C12H21NO7/c1-2-3-4-5-8(13)20-10(16)7-12(19,11(17)18)6-9(14)15/h8,19H,2-7,13H2,1H3,(H,14,15)(H,17,18). The van der Waals surface area contributed by atoms with E-state index in [-0.39, 0.29) is 0 Å². The van der Waals surface area contributed by atoms with Gasteiger partial charge in [-0.2, -0.15) is 0 Å². The number of carbonyl (C=O) groups excluding carboxylic acids is 1. The first-order valence-corrected chi connectivity index (χ1v) is 6.34. The van der Waals surface area contributed by atoms with Crippen molar-refractivity contribution in [2.45, 2.75) is 57.3 Å². The van der Waals surface area contributed by atoms with E-state index in [1.54, 1.807) is 0 Å². The molecule has 8 nitrogen and oxygen atoms in total. The first-order valence-electron chi connectivity index (χ1n) is 6.34. The van der Waals surface area contributed by atoms with Crippen LogP contribution in [-0.4, -0.2) is 45.1 Å². The van der Waals surface area contributed by atoms with Crippen molar-refractivity contribution < 1.29 is 34.4 Å². The van der Waals surface area contributed by atoms with Gasteiger partial charge in [0.25, 0.3) is 0 Å². The molecule has 2 atom stereocenters. The Bertz CT molecular complexity index is 358. The molecule has 0 aromatic heterocycles. The van der Waals surface area contributed by atoms with Gasteiger partial charge in [0.15, 0.2) is 11.8 Å². The maximum atomic E-state index is 11.5. The van der Waals surface area contributed by atoms with Crippen molar-refractivity contribution >= 4 is 17.9 Å². The zero-order valence-corrected chi connectivity index (χ0v) is 11.4. The Labute approximate surface area is 116 Å². The van der Waals surface area contributed by atoms with E-state index in [0.29, 0.717) is 6.42 Å². The smallest absolute Gasteiger partial charge is 0.336 e. The van der Waals surface area contributed by atoms with Crippen LogP contribution in [0.1, 0.15) is 45.4 Å². The lowest BCUT2D eigenvalue weighted by Gasteiger charge is -2.21. The SMILES string of the molecule is CCCCCC(N)OC(=O)CC(O)(CC(=O)O)C(=O)O. The zero-order valence-electron chi connectivity index (χ0n) is 11.4. The maximum Gasteiger partial charge on any atom is 0.336 e. The third-order valence-corrected chi connectivity index (χ3v) is 2.65. The summed E-state index contributed by atoms with van der Waals surface area (Å²) >= 11 is 0. The molecule has 0 heterocycles. The number of ether oxygens (including phenoxy) is 1. The minimum absolute atomic E-state index is 0.421. The van der Waals surface area contributed by atoms with Gasteiger partial charge in [-0.05, 0) is 12.8 Å². The number of carbonyl (C=O) groups is 3. The summed E-state index contributed by atoms with van der Waals surface area (Å²) in [6, 6.07) is 0. The largest absolute Gasteiger partial charge is 0.481 e. The number of nitrogens with two attached hydrogens (primary N) is 1. The Balaban J connectivity index is 4.40. The predicted octanol–water partition coefficient (Wildman–Crippen LogP) is 0.0752. The molecule has 0 aliphatic heterocycles. The van der Waals surface area contributed by atoms with Crippen molar-refractivity contribution in [2.75, 3.05) is 0 Å². The highest BCUT2D eigenvalue weighted by atomic mass is 16.6. The van der Waals surface area contributed by atoms with Crippen LogP contribution in [-0.2, 0) is 19.1 Å². The topological polar surface area (TPSA) is 147 Å². The summed E-state index contributed by atoms with van der Waals surface area (Å²) in [7, 11) is 0. The van der Waals surface area contributed by atoms with E-state index < -0.39 is 42.6 Å². The van der Waals surface area contributed by atoms with Crippen molar-refractivity contribution in [3.05, 3.63) is 0 Å². The van der Waals surface area contributed by atoms with Crippen LogP contribution in [0.3, 0.4) is 0 Å². The maximum absolute atomic E-state index is 11.5. The molecule has 0 spiro atoms. The van der Waals surface area contributed by atoms with Gasteiger partial charge in [-0.25, -0.2) is 4.79 Å². The van der Waals surface area contributed by atoms with E-state index in [4.69, 9.17) is 20.7 Å². The molecule has 8 heteroatoms. The Morgan fingerprint density at radius 3 is 2.25 bits per heavy atom. The predicted molar refractivity (Wildman–Crippen MR) is 67.7 cm³/mol. The molecule has 0 aliphatic rings. The second-order valence-electron chi connectivity index (χ2n) is 4.61. The number of hydrogen-bond acceptors (Lipinski definition) is 6. The van der Waals surface area contributed by atoms with E-state index in [1.807, 2.05) is 6.92 Å². The van der Waals surface area contributed by atoms with Gasteiger partial charge in [0.05, 0.1) is 12.8 Å². The lowest BCUT2D eigenvalue weighted by atomic mass is 9.96. The minimum Gasteiger partial charge on any atom is -0.481 e. The second kappa shape index (κ2) is 8.49. The third kappa shape index (κ3) is 7.05. The summed E-state index contributed by atoms with van der Waals surface area (Å²) in [5.74, 6) is -4.37. The molecule has 0 rings (SSSR count). The fourth-order valence-corrected chi connectivity index (χ4v) is 1.57. The number of carboxylic acids is 2. The summed E-state index contributed by atoms with van der Waals surface area (Å²) in [6.45, 7) is 2.00. The minimum atomic E-state index is -2.69. The van der Waals surface area contributed by atoms with Crippen molar-refractivity contribution in [3.63, 3.8) is 0 Å². The van der Waals surface area contributed by atoms with Crippen LogP contribution in [0.15, 0.2) is 0 Å². The molecule has 0 saturated heterocycles. The fourth-order valence-electron chi connectivity index (χ4n) is 1.57. The molecule has 0 fully saturated rings. The van der Waals surface area contributed by atoms with Crippen molar-refractivity contribution in [3.8, 4) is 0 Å². The van der Waals surface area contributed by atoms with Crippen LogP contribution in [0.5, 0.6) is 0 Å². The molecule has 20 heavy (non-hydrogen) atoms. The fraction of sp³-hybridized carbons (Fsp3) is 0.750. The van der Waals surface area contributed by atoms with Gasteiger partial charge in [-0.3, -0.25) is 15.3 Å². The van der Waals surface area contributed by atoms with Crippen molar-refractivity contribution in [1.29, 1.82) is 0 Å². The van der Waals surface area contributed by atoms with Gasteiger partial charge in [-0.15, -0.1) is 0 Å². The van der Waals surface area contributed by atoms with Crippen molar-refractivity contribution in [1.82, 2.24) is 0 Å². The van der Waals surface area contributed by atoms with Crippen molar-refractivity contribution in [2.24, 2.45) is 5.73 Å². The Kier molecular flexibility index (Phi) is 7.78. The van der Waals surface area contributed by atoms with E-state index in [0.717, 1.165) is 19.3 Å². The average Bonchev–Trinajstić information content (AvgIpc) is 2.27. The summed E-state index contributed by atoms with van der Waals surface area (Å²) in [5, 5.41) is 27.0. The number of rotatable bonds is 10. The molecule has 0 amide bonds. The van der Waals surface area contributed by atoms with E-state index in [2.05, 4.69) is 0 Å². The summed E-state index contributed by atoms with van der Waals surface area (Å²) in [4.78, 5) is 32.8. The Morgan fingerprint density at radius 2 is 1.80 bits per heavy atom. The Morgan fingerprint density at radius 1 is 1.20 bits per heavy atom. The number of esters is 1. The zero-order chi connectivity index (χ0) is 15.8. The van der Waals surface area contributed by atoms with Crippen LogP contribution in [0.4, 0.5) is 0 Å². The first-order chi connectivity index (χ1) is 9.21. The second-order valence-corrected chi connectivity index (χ2v) is 4.61. The molecule has 0 aliphatic carbocycles. The molecule has 0 radical (unpaired) electrons. The van der Waals surface area contributed by atoms with Crippen LogP contribution in [0.2, 0.25) is 0 Å². The summed E-state index contributed by atoms with van der Waals surface area (Å²) < 4.78 is 4.75. The number of unbranched alkanes of at least 4 members (excludes halogenated alkanes) is 2. The van der Waals surface area contributed by atoms with Gasteiger partial charge in [-0.1, -0.05) is 19.8 Å².